The van der Waals surface area contributed by atoms with Gasteiger partial charge < -0.3 is 0 Å². The molecule has 17 heavy (non-hydrogen) atoms. The molecule has 0 unspecified atom stereocenters. The summed E-state index contributed by atoms with van der Waals surface area (Å²) in [4.78, 5) is 0. The van der Waals surface area contributed by atoms with Crippen LogP contribution in [0.25, 0.3) is 11.1 Å². The van der Waals surface area contributed by atoms with Crippen LogP contribution in [0.1, 0.15) is 18.4 Å². The summed E-state index contributed by atoms with van der Waals surface area (Å²) in [5.41, 5.74) is 3.96. The molecule has 88 valence electrons. The van der Waals surface area contributed by atoms with Gasteiger partial charge in [0.2, 0.25) is 0 Å². The highest BCUT2D eigenvalue weighted by molar-refractivity contribution is 6.17. The van der Waals surface area contributed by atoms with Crippen molar-refractivity contribution in [2.45, 2.75) is 19.3 Å². The largest absolute Gasteiger partial charge is 0.127 e. The van der Waals surface area contributed by atoms with Crippen LogP contribution in [0.4, 0.5) is 0 Å². The Hall–Kier alpha value is -1.27. The van der Waals surface area contributed by atoms with Crippen molar-refractivity contribution in [2.24, 2.45) is 0 Å². The maximum atomic E-state index is 5.67. The highest BCUT2D eigenvalue weighted by atomic mass is 35.5. The standard InChI is InChI=1S/C16H17Cl/c17-13-5-4-6-14-9-11-16(12-10-14)15-7-2-1-3-8-15/h1-3,7-12H,4-6,13H2. The average Bonchev–Trinajstić information content (AvgIpc) is 2.41. The molecule has 1 heteroatoms. The normalized spacial score (nSPS) is 10.4. The van der Waals surface area contributed by atoms with Gasteiger partial charge in [0.25, 0.3) is 0 Å². The molecule has 2 aromatic carbocycles. The summed E-state index contributed by atoms with van der Waals surface area (Å²) < 4.78 is 0. The summed E-state index contributed by atoms with van der Waals surface area (Å²) in [6.45, 7) is 0. The second-order valence-corrected chi connectivity index (χ2v) is 4.59. The van der Waals surface area contributed by atoms with Gasteiger partial charge in [0, 0.05) is 5.88 Å². The van der Waals surface area contributed by atoms with Crippen molar-refractivity contribution in [1.29, 1.82) is 0 Å². The lowest BCUT2D eigenvalue weighted by Gasteiger charge is -2.04. The molecule has 0 nitrogen and oxygen atoms in total. The smallest absolute Gasteiger partial charge is 0.0223 e. The first-order chi connectivity index (χ1) is 8.40. The van der Waals surface area contributed by atoms with E-state index in [0.717, 1.165) is 18.7 Å². The Balaban J connectivity index is 2.03. The predicted octanol–water partition coefficient (Wildman–Crippen LogP) is 4.92. The summed E-state index contributed by atoms with van der Waals surface area (Å²) in [6, 6.07) is 19.3. The van der Waals surface area contributed by atoms with E-state index in [9.17, 15) is 0 Å². The molecule has 0 aromatic heterocycles. The van der Waals surface area contributed by atoms with E-state index in [0.29, 0.717) is 0 Å². The van der Waals surface area contributed by atoms with Crippen LogP contribution in [0, 0.1) is 0 Å². The first-order valence-corrected chi connectivity index (χ1v) is 6.64. The second kappa shape index (κ2) is 6.46. The summed E-state index contributed by atoms with van der Waals surface area (Å²) in [6.07, 6.45) is 3.40. The highest BCUT2D eigenvalue weighted by Crippen LogP contribution is 2.19. The number of rotatable bonds is 5. The van der Waals surface area contributed by atoms with Crippen molar-refractivity contribution in [3.05, 3.63) is 60.2 Å². The van der Waals surface area contributed by atoms with Crippen LogP contribution in [0.15, 0.2) is 54.6 Å². The summed E-state index contributed by atoms with van der Waals surface area (Å²) in [5.74, 6) is 0.766. The van der Waals surface area contributed by atoms with Crippen molar-refractivity contribution in [3.8, 4) is 11.1 Å². The molecule has 0 atom stereocenters. The van der Waals surface area contributed by atoms with Crippen LogP contribution in [0.2, 0.25) is 0 Å². The SMILES string of the molecule is ClCCCCc1ccc(-c2ccccc2)cc1. The minimum Gasteiger partial charge on any atom is -0.127 e. The van der Waals surface area contributed by atoms with Gasteiger partial charge in [-0.25, -0.2) is 0 Å². The van der Waals surface area contributed by atoms with E-state index >= 15 is 0 Å². The summed E-state index contributed by atoms with van der Waals surface area (Å²) in [5, 5.41) is 0. The minimum absolute atomic E-state index is 0.766. The van der Waals surface area contributed by atoms with Gasteiger partial charge in [0.05, 0.1) is 0 Å². The molecule has 0 saturated carbocycles. The van der Waals surface area contributed by atoms with Crippen LogP contribution >= 0.6 is 11.6 Å². The number of alkyl halides is 1. The summed E-state index contributed by atoms with van der Waals surface area (Å²) in [7, 11) is 0. The van der Waals surface area contributed by atoms with Gasteiger partial charge in [-0.1, -0.05) is 54.6 Å². The van der Waals surface area contributed by atoms with Crippen LogP contribution in [-0.4, -0.2) is 5.88 Å². The molecule has 0 amide bonds. The van der Waals surface area contributed by atoms with E-state index in [1.54, 1.807) is 0 Å². The van der Waals surface area contributed by atoms with Crippen molar-refractivity contribution in [1.82, 2.24) is 0 Å². The maximum Gasteiger partial charge on any atom is 0.0223 e. The molecule has 0 heterocycles. The average molecular weight is 245 g/mol. The van der Waals surface area contributed by atoms with Gasteiger partial charge in [-0.3, -0.25) is 0 Å². The Labute approximate surface area is 108 Å². The molecule has 0 fully saturated rings. The molecule has 0 aliphatic heterocycles. The molecule has 0 N–H and O–H groups in total. The molecule has 2 aromatic rings. The molecular formula is C16H17Cl. The van der Waals surface area contributed by atoms with Gasteiger partial charge in [0.15, 0.2) is 0 Å². The molecule has 0 aliphatic rings. The van der Waals surface area contributed by atoms with Gasteiger partial charge >= 0.3 is 0 Å². The molecule has 0 radical (unpaired) electrons. The zero-order chi connectivity index (χ0) is 11.9. The van der Waals surface area contributed by atoms with E-state index < -0.39 is 0 Å². The van der Waals surface area contributed by atoms with Crippen LogP contribution in [0.3, 0.4) is 0 Å². The Morgan fingerprint density at radius 2 is 1.35 bits per heavy atom. The van der Waals surface area contributed by atoms with Crippen molar-refractivity contribution >= 4 is 11.6 Å². The number of hydrogen-bond acceptors (Lipinski definition) is 0. The first-order valence-electron chi connectivity index (χ1n) is 6.10. The lowest BCUT2D eigenvalue weighted by atomic mass is 10.0. The van der Waals surface area contributed by atoms with Crippen molar-refractivity contribution < 1.29 is 0 Å². The third-order valence-electron chi connectivity index (χ3n) is 2.91. The Bertz CT molecular complexity index is 431. The third-order valence-corrected chi connectivity index (χ3v) is 3.18. The van der Waals surface area contributed by atoms with E-state index in [-0.39, 0.29) is 0 Å². The van der Waals surface area contributed by atoms with Crippen molar-refractivity contribution in [2.75, 3.05) is 5.88 Å². The number of benzene rings is 2. The second-order valence-electron chi connectivity index (χ2n) is 4.21. The molecular weight excluding hydrogens is 228 g/mol. The number of unbranched alkanes of at least 4 members (excludes halogenated alkanes) is 1. The van der Waals surface area contributed by atoms with Crippen LogP contribution < -0.4 is 0 Å². The number of halogens is 1. The van der Waals surface area contributed by atoms with E-state index in [1.807, 2.05) is 6.07 Å². The summed E-state index contributed by atoms with van der Waals surface area (Å²) >= 11 is 5.67. The third kappa shape index (κ3) is 3.61. The quantitative estimate of drug-likeness (QED) is 0.518. The number of hydrogen-bond donors (Lipinski definition) is 0. The van der Waals surface area contributed by atoms with E-state index in [4.69, 9.17) is 11.6 Å². The fraction of sp³-hybridized carbons (Fsp3) is 0.250. The van der Waals surface area contributed by atoms with Crippen molar-refractivity contribution in [3.63, 3.8) is 0 Å². The van der Waals surface area contributed by atoms with Crippen LogP contribution in [0.5, 0.6) is 0 Å². The monoisotopic (exact) mass is 244 g/mol. The predicted molar refractivity (Wildman–Crippen MR) is 75.5 cm³/mol. The Kier molecular flexibility index (Phi) is 4.63. The van der Waals surface area contributed by atoms with Gasteiger partial charge in [0.1, 0.15) is 0 Å². The molecule has 0 aliphatic carbocycles. The maximum absolute atomic E-state index is 5.67. The van der Waals surface area contributed by atoms with E-state index in [1.165, 1.54) is 23.1 Å². The zero-order valence-electron chi connectivity index (χ0n) is 9.90. The highest BCUT2D eigenvalue weighted by Gasteiger charge is 1.97. The van der Waals surface area contributed by atoms with E-state index in [2.05, 4.69) is 48.5 Å². The fourth-order valence-electron chi connectivity index (χ4n) is 1.92. The van der Waals surface area contributed by atoms with Gasteiger partial charge in [-0.2, -0.15) is 0 Å². The Morgan fingerprint density at radius 3 is 2.00 bits per heavy atom. The molecule has 2 rings (SSSR count). The lowest BCUT2D eigenvalue weighted by Crippen LogP contribution is -1.86. The molecule has 0 saturated heterocycles. The fourth-order valence-corrected chi connectivity index (χ4v) is 2.11. The topological polar surface area (TPSA) is 0 Å². The zero-order valence-corrected chi connectivity index (χ0v) is 10.7. The molecule has 0 bridgehead atoms. The van der Waals surface area contributed by atoms with Gasteiger partial charge in [-0.05, 0) is 36.0 Å². The van der Waals surface area contributed by atoms with Gasteiger partial charge in [-0.15, -0.1) is 11.6 Å². The molecule has 0 spiro atoms. The number of aryl methyl sites for hydroxylation is 1. The Morgan fingerprint density at radius 1 is 0.706 bits per heavy atom. The lowest BCUT2D eigenvalue weighted by molar-refractivity contribution is 0.800. The van der Waals surface area contributed by atoms with Crippen LogP contribution in [-0.2, 0) is 6.42 Å². The minimum atomic E-state index is 0.766. The first kappa shape index (κ1) is 12.2.